The van der Waals surface area contributed by atoms with Gasteiger partial charge in [-0.15, -0.1) is 0 Å². The van der Waals surface area contributed by atoms with Gasteiger partial charge < -0.3 is 14.6 Å². The Morgan fingerprint density at radius 2 is 2.31 bits per heavy atom. The molecule has 0 aromatic rings. The smallest absolute Gasteiger partial charge is 0.0951 e. The van der Waals surface area contributed by atoms with Gasteiger partial charge in [-0.3, -0.25) is 4.90 Å². The second-order valence-electron chi connectivity index (χ2n) is 4.83. The van der Waals surface area contributed by atoms with Gasteiger partial charge in [0.05, 0.1) is 18.8 Å². The Morgan fingerprint density at radius 1 is 1.44 bits per heavy atom. The van der Waals surface area contributed by atoms with E-state index in [2.05, 4.69) is 11.8 Å². The van der Waals surface area contributed by atoms with E-state index in [1.54, 1.807) is 0 Å². The molecule has 0 bridgehead atoms. The molecule has 4 nitrogen and oxygen atoms in total. The molecule has 0 aromatic carbocycles. The maximum Gasteiger partial charge on any atom is 0.0951 e. The minimum Gasteiger partial charge on any atom is -0.395 e. The molecule has 2 aliphatic rings. The molecule has 1 spiro atoms. The molecule has 2 rings (SSSR count). The first kappa shape index (κ1) is 12.3. The van der Waals surface area contributed by atoms with Gasteiger partial charge in [0.25, 0.3) is 0 Å². The molecule has 2 aliphatic heterocycles. The predicted molar refractivity (Wildman–Crippen MR) is 61.5 cm³/mol. The van der Waals surface area contributed by atoms with Crippen molar-refractivity contribution >= 4 is 0 Å². The molecule has 2 atom stereocenters. The maximum absolute atomic E-state index is 9.06. The van der Waals surface area contributed by atoms with E-state index in [1.807, 2.05) is 0 Å². The number of hydrogen-bond donors (Lipinski definition) is 1. The average molecular weight is 229 g/mol. The lowest BCUT2D eigenvalue weighted by atomic mass is 9.89. The van der Waals surface area contributed by atoms with Crippen molar-refractivity contribution in [2.45, 2.75) is 37.8 Å². The Hall–Kier alpha value is -0.160. The van der Waals surface area contributed by atoms with E-state index in [-0.39, 0.29) is 12.2 Å². The second-order valence-corrected chi connectivity index (χ2v) is 4.83. The van der Waals surface area contributed by atoms with E-state index in [4.69, 9.17) is 14.6 Å². The molecule has 1 N–H and O–H groups in total. The Bertz CT molecular complexity index is 216. The van der Waals surface area contributed by atoms with Crippen LogP contribution in [0.2, 0.25) is 0 Å². The van der Waals surface area contributed by atoms with E-state index >= 15 is 0 Å². The van der Waals surface area contributed by atoms with Crippen molar-refractivity contribution in [1.82, 2.24) is 4.90 Å². The summed E-state index contributed by atoms with van der Waals surface area (Å²) in [6, 6.07) is 0.549. The number of rotatable bonds is 4. The van der Waals surface area contributed by atoms with Crippen molar-refractivity contribution in [1.29, 1.82) is 0 Å². The van der Waals surface area contributed by atoms with E-state index in [0.29, 0.717) is 6.04 Å². The highest BCUT2D eigenvalue weighted by atomic mass is 16.6. The summed E-state index contributed by atoms with van der Waals surface area (Å²) in [6.45, 7) is 6.59. The minimum absolute atomic E-state index is 0.0220. The minimum atomic E-state index is -0.0220. The van der Waals surface area contributed by atoms with Crippen molar-refractivity contribution in [3.05, 3.63) is 0 Å². The topological polar surface area (TPSA) is 41.9 Å². The van der Waals surface area contributed by atoms with E-state index < -0.39 is 0 Å². The van der Waals surface area contributed by atoms with E-state index in [9.17, 15) is 0 Å². The van der Waals surface area contributed by atoms with Crippen molar-refractivity contribution in [2.24, 2.45) is 0 Å². The fourth-order valence-corrected chi connectivity index (χ4v) is 2.90. The lowest BCUT2D eigenvalue weighted by molar-refractivity contribution is -0.106. The third-order valence-electron chi connectivity index (χ3n) is 3.84. The van der Waals surface area contributed by atoms with Crippen molar-refractivity contribution in [3.63, 3.8) is 0 Å². The number of nitrogens with zero attached hydrogens (tertiary/aromatic N) is 1. The lowest BCUT2D eigenvalue weighted by Gasteiger charge is -2.41. The first-order valence-corrected chi connectivity index (χ1v) is 6.36. The summed E-state index contributed by atoms with van der Waals surface area (Å²) in [7, 11) is 0. The predicted octanol–water partition coefficient (Wildman–Crippen LogP) is 0.639. The van der Waals surface area contributed by atoms with Gasteiger partial charge in [0.1, 0.15) is 0 Å². The summed E-state index contributed by atoms with van der Waals surface area (Å²) < 4.78 is 11.4. The summed E-state index contributed by atoms with van der Waals surface area (Å²) in [4.78, 5) is 2.36. The van der Waals surface area contributed by atoms with Gasteiger partial charge in [0.15, 0.2) is 0 Å². The molecular weight excluding hydrogens is 206 g/mol. The summed E-state index contributed by atoms with van der Waals surface area (Å²) >= 11 is 0. The Labute approximate surface area is 97.5 Å². The van der Waals surface area contributed by atoms with Crippen molar-refractivity contribution in [2.75, 3.05) is 39.5 Å². The lowest BCUT2D eigenvalue weighted by Crippen LogP contribution is -2.49. The third kappa shape index (κ3) is 2.56. The molecule has 2 heterocycles. The Balaban J connectivity index is 1.94. The average Bonchev–Trinajstić information content (AvgIpc) is 2.74. The number of aliphatic hydroxyl groups excluding tert-OH is 1. The molecule has 16 heavy (non-hydrogen) atoms. The van der Waals surface area contributed by atoms with Crippen LogP contribution in [-0.2, 0) is 9.47 Å². The van der Waals surface area contributed by atoms with Crippen LogP contribution in [0.3, 0.4) is 0 Å². The highest BCUT2D eigenvalue weighted by Crippen LogP contribution is 2.34. The van der Waals surface area contributed by atoms with Gasteiger partial charge in [-0.25, -0.2) is 0 Å². The highest BCUT2D eigenvalue weighted by Gasteiger charge is 2.42. The monoisotopic (exact) mass is 229 g/mol. The summed E-state index contributed by atoms with van der Waals surface area (Å²) in [5.41, 5.74) is -0.0220. The van der Waals surface area contributed by atoms with Crippen LogP contribution in [0.25, 0.3) is 0 Å². The van der Waals surface area contributed by atoms with Crippen molar-refractivity contribution < 1.29 is 14.6 Å². The zero-order chi connectivity index (χ0) is 11.4. The SMILES string of the molecule is CCN(CCO)C1CCOC2(CCOC2)C1. The van der Waals surface area contributed by atoms with Crippen LogP contribution < -0.4 is 0 Å². The summed E-state index contributed by atoms with van der Waals surface area (Å²) in [5.74, 6) is 0. The van der Waals surface area contributed by atoms with Crippen molar-refractivity contribution in [3.8, 4) is 0 Å². The molecular formula is C12H23NO3. The molecule has 2 saturated heterocycles. The highest BCUT2D eigenvalue weighted by molar-refractivity contribution is 4.93. The standard InChI is InChI=1S/C12H23NO3/c1-2-13(5-6-14)11-3-7-16-12(9-11)4-8-15-10-12/h11,14H,2-10H2,1H3. The fraction of sp³-hybridized carbons (Fsp3) is 1.00. The largest absolute Gasteiger partial charge is 0.395 e. The van der Waals surface area contributed by atoms with E-state index in [1.165, 1.54) is 0 Å². The quantitative estimate of drug-likeness (QED) is 0.768. The number of aliphatic hydroxyl groups is 1. The van der Waals surface area contributed by atoms with Crippen LogP contribution in [0, 0.1) is 0 Å². The molecule has 0 radical (unpaired) electrons. The zero-order valence-electron chi connectivity index (χ0n) is 10.2. The van der Waals surface area contributed by atoms with Crippen LogP contribution in [-0.4, -0.2) is 61.2 Å². The van der Waals surface area contributed by atoms with Crippen LogP contribution >= 0.6 is 0 Å². The summed E-state index contributed by atoms with van der Waals surface area (Å²) in [6.07, 6.45) is 3.16. The van der Waals surface area contributed by atoms with Gasteiger partial charge in [-0.1, -0.05) is 6.92 Å². The molecule has 0 saturated carbocycles. The molecule has 4 heteroatoms. The third-order valence-corrected chi connectivity index (χ3v) is 3.84. The number of ether oxygens (including phenoxy) is 2. The van der Waals surface area contributed by atoms with Gasteiger partial charge in [0.2, 0.25) is 0 Å². The molecule has 0 aromatic heterocycles. The fourth-order valence-electron chi connectivity index (χ4n) is 2.90. The summed E-state index contributed by atoms with van der Waals surface area (Å²) in [5, 5.41) is 9.06. The van der Waals surface area contributed by atoms with Gasteiger partial charge in [-0.2, -0.15) is 0 Å². The zero-order valence-corrected chi connectivity index (χ0v) is 10.2. The normalized spacial score (nSPS) is 35.1. The van der Waals surface area contributed by atoms with Gasteiger partial charge in [0, 0.05) is 32.2 Å². The number of hydrogen-bond acceptors (Lipinski definition) is 4. The molecule has 94 valence electrons. The van der Waals surface area contributed by atoms with Crippen LogP contribution in [0.4, 0.5) is 0 Å². The van der Waals surface area contributed by atoms with Crippen LogP contribution in [0.15, 0.2) is 0 Å². The van der Waals surface area contributed by atoms with E-state index in [0.717, 1.165) is 52.2 Å². The van der Waals surface area contributed by atoms with Crippen LogP contribution in [0.1, 0.15) is 26.2 Å². The second kappa shape index (κ2) is 5.45. The van der Waals surface area contributed by atoms with Crippen LogP contribution in [0.5, 0.6) is 0 Å². The molecule has 2 unspecified atom stereocenters. The Kier molecular flexibility index (Phi) is 4.19. The molecule has 0 amide bonds. The first-order valence-electron chi connectivity index (χ1n) is 6.36. The molecule has 2 fully saturated rings. The molecule has 0 aliphatic carbocycles. The first-order chi connectivity index (χ1) is 7.79. The van der Waals surface area contributed by atoms with Gasteiger partial charge in [-0.05, 0) is 19.4 Å². The van der Waals surface area contributed by atoms with Gasteiger partial charge >= 0.3 is 0 Å². The Morgan fingerprint density at radius 3 is 2.94 bits per heavy atom. The maximum atomic E-state index is 9.06. The number of likely N-dealkylation sites (N-methyl/N-ethyl adjacent to an activating group) is 1.